The third kappa shape index (κ3) is 2.46. The number of nitrogens with zero attached hydrogens (tertiary/aromatic N) is 1. The SMILES string of the molecule is CN(CC(N)=O)C1CCC(N)C1. The van der Waals surface area contributed by atoms with Gasteiger partial charge >= 0.3 is 0 Å². The van der Waals surface area contributed by atoms with Gasteiger partial charge in [-0.25, -0.2) is 0 Å². The molecule has 0 bridgehead atoms. The van der Waals surface area contributed by atoms with Gasteiger partial charge in [0.2, 0.25) is 5.91 Å². The molecule has 4 nitrogen and oxygen atoms in total. The summed E-state index contributed by atoms with van der Waals surface area (Å²) in [4.78, 5) is 12.6. The third-order valence-corrected chi connectivity index (χ3v) is 2.47. The Morgan fingerprint density at radius 1 is 1.58 bits per heavy atom. The smallest absolute Gasteiger partial charge is 0.231 e. The van der Waals surface area contributed by atoms with Crippen LogP contribution >= 0.6 is 0 Å². The number of rotatable bonds is 3. The highest BCUT2D eigenvalue weighted by Crippen LogP contribution is 2.21. The van der Waals surface area contributed by atoms with E-state index in [4.69, 9.17) is 11.5 Å². The van der Waals surface area contributed by atoms with E-state index >= 15 is 0 Å². The van der Waals surface area contributed by atoms with E-state index in [1.165, 1.54) is 0 Å². The molecule has 0 radical (unpaired) electrons. The lowest BCUT2D eigenvalue weighted by atomic mass is 10.2. The Balaban J connectivity index is 2.32. The summed E-state index contributed by atoms with van der Waals surface area (Å²) in [5.74, 6) is -0.266. The van der Waals surface area contributed by atoms with Crippen molar-refractivity contribution in [3.05, 3.63) is 0 Å². The van der Waals surface area contributed by atoms with E-state index in [1.54, 1.807) is 0 Å². The number of carbonyl (C=O) groups excluding carboxylic acids is 1. The van der Waals surface area contributed by atoms with Gasteiger partial charge in [-0.2, -0.15) is 0 Å². The highest BCUT2D eigenvalue weighted by Gasteiger charge is 2.25. The molecule has 1 fully saturated rings. The summed E-state index contributed by atoms with van der Waals surface area (Å²) in [7, 11) is 1.92. The van der Waals surface area contributed by atoms with Gasteiger partial charge < -0.3 is 11.5 Å². The zero-order valence-electron chi connectivity index (χ0n) is 7.49. The minimum atomic E-state index is -0.266. The number of nitrogens with two attached hydrogens (primary N) is 2. The zero-order chi connectivity index (χ0) is 9.14. The Hall–Kier alpha value is -0.610. The first-order valence-corrected chi connectivity index (χ1v) is 4.33. The van der Waals surface area contributed by atoms with E-state index in [1.807, 2.05) is 11.9 Å². The van der Waals surface area contributed by atoms with Crippen molar-refractivity contribution in [2.45, 2.75) is 31.3 Å². The monoisotopic (exact) mass is 171 g/mol. The van der Waals surface area contributed by atoms with Crippen molar-refractivity contribution in [1.29, 1.82) is 0 Å². The lowest BCUT2D eigenvalue weighted by Crippen LogP contribution is -2.37. The molecular formula is C8H17N3O. The summed E-state index contributed by atoms with van der Waals surface area (Å²) in [5.41, 5.74) is 10.8. The highest BCUT2D eigenvalue weighted by molar-refractivity contribution is 5.75. The van der Waals surface area contributed by atoms with E-state index in [9.17, 15) is 4.79 Å². The van der Waals surface area contributed by atoms with Gasteiger partial charge in [0.1, 0.15) is 0 Å². The van der Waals surface area contributed by atoms with Crippen molar-refractivity contribution in [2.24, 2.45) is 11.5 Å². The Kier molecular flexibility index (Phi) is 3.05. The molecule has 1 rings (SSSR count). The van der Waals surface area contributed by atoms with Gasteiger partial charge in [-0.3, -0.25) is 9.69 Å². The molecule has 4 N–H and O–H groups in total. The van der Waals surface area contributed by atoms with Crippen molar-refractivity contribution in [1.82, 2.24) is 4.90 Å². The minimum absolute atomic E-state index is 0.266. The van der Waals surface area contributed by atoms with Gasteiger partial charge in [-0.15, -0.1) is 0 Å². The minimum Gasteiger partial charge on any atom is -0.369 e. The third-order valence-electron chi connectivity index (χ3n) is 2.47. The molecular weight excluding hydrogens is 154 g/mol. The molecule has 0 aromatic heterocycles. The molecule has 0 spiro atoms. The predicted molar refractivity (Wildman–Crippen MR) is 47.4 cm³/mol. The van der Waals surface area contributed by atoms with E-state index in [0.29, 0.717) is 18.6 Å². The van der Waals surface area contributed by atoms with E-state index in [0.717, 1.165) is 19.3 Å². The first-order chi connectivity index (χ1) is 5.59. The first-order valence-electron chi connectivity index (χ1n) is 4.33. The van der Waals surface area contributed by atoms with Crippen LogP contribution in [0, 0.1) is 0 Å². The van der Waals surface area contributed by atoms with Gasteiger partial charge in [0.05, 0.1) is 6.54 Å². The van der Waals surface area contributed by atoms with Gasteiger partial charge in [0.25, 0.3) is 0 Å². The molecule has 2 unspecified atom stereocenters. The molecule has 0 saturated heterocycles. The van der Waals surface area contributed by atoms with Crippen molar-refractivity contribution < 1.29 is 4.79 Å². The quantitative estimate of drug-likeness (QED) is 0.589. The number of likely N-dealkylation sites (N-methyl/N-ethyl adjacent to an activating group) is 1. The Morgan fingerprint density at radius 3 is 2.67 bits per heavy atom. The van der Waals surface area contributed by atoms with Gasteiger partial charge in [0.15, 0.2) is 0 Å². The van der Waals surface area contributed by atoms with Crippen LogP contribution in [-0.4, -0.2) is 36.5 Å². The summed E-state index contributed by atoms with van der Waals surface area (Å²) in [6.45, 7) is 0.345. The number of hydrogen-bond donors (Lipinski definition) is 2. The molecule has 2 atom stereocenters. The average molecular weight is 171 g/mol. The largest absolute Gasteiger partial charge is 0.369 e. The summed E-state index contributed by atoms with van der Waals surface area (Å²) in [6, 6.07) is 0.762. The maximum Gasteiger partial charge on any atom is 0.231 e. The van der Waals surface area contributed by atoms with Crippen molar-refractivity contribution in [3.8, 4) is 0 Å². The van der Waals surface area contributed by atoms with Gasteiger partial charge in [-0.1, -0.05) is 0 Å². The second-order valence-corrected chi connectivity index (χ2v) is 3.61. The van der Waals surface area contributed by atoms with Crippen LogP contribution in [0.5, 0.6) is 0 Å². The summed E-state index contributed by atoms with van der Waals surface area (Å²) in [6.07, 6.45) is 3.14. The molecule has 12 heavy (non-hydrogen) atoms. The Bertz CT molecular complexity index is 172. The fraction of sp³-hybridized carbons (Fsp3) is 0.875. The molecule has 0 aromatic rings. The first kappa shape index (κ1) is 9.48. The average Bonchev–Trinajstić information content (AvgIpc) is 2.34. The van der Waals surface area contributed by atoms with Crippen LogP contribution in [0.3, 0.4) is 0 Å². The van der Waals surface area contributed by atoms with Crippen molar-refractivity contribution >= 4 is 5.91 Å². The van der Waals surface area contributed by atoms with Crippen LogP contribution in [-0.2, 0) is 4.79 Å². The molecule has 70 valence electrons. The standard InChI is InChI=1S/C8H17N3O/c1-11(5-8(10)12)7-3-2-6(9)4-7/h6-7H,2-5,9H2,1H3,(H2,10,12). The summed E-state index contributed by atoms with van der Waals surface area (Å²) < 4.78 is 0. The zero-order valence-corrected chi connectivity index (χ0v) is 7.49. The molecule has 1 aliphatic rings. The molecule has 0 heterocycles. The fourth-order valence-corrected chi connectivity index (χ4v) is 1.77. The fourth-order valence-electron chi connectivity index (χ4n) is 1.77. The van der Waals surface area contributed by atoms with Crippen LogP contribution in [0.2, 0.25) is 0 Å². The van der Waals surface area contributed by atoms with Crippen LogP contribution < -0.4 is 11.5 Å². The van der Waals surface area contributed by atoms with Crippen LogP contribution in [0.25, 0.3) is 0 Å². The number of hydrogen-bond acceptors (Lipinski definition) is 3. The van der Waals surface area contributed by atoms with Crippen LogP contribution in [0.4, 0.5) is 0 Å². The molecule has 1 saturated carbocycles. The Labute approximate surface area is 72.9 Å². The molecule has 0 aliphatic heterocycles. The second-order valence-electron chi connectivity index (χ2n) is 3.61. The normalized spacial score (nSPS) is 29.6. The number of amides is 1. The van der Waals surface area contributed by atoms with Crippen LogP contribution in [0.1, 0.15) is 19.3 Å². The predicted octanol–water partition coefficient (Wildman–Crippen LogP) is -0.717. The van der Waals surface area contributed by atoms with Crippen molar-refractivity contribution in [3.63, 3.8) is 0 Å². The number of primary amides is 1. The summed E-state index contributed by atoms with van der Waals surface area (Å²) >= 11 is 0. The lowest BCUT2D eigenvalue weighted by Gasteiger charge is -2.22. The van der Waals surface area contributed by atoms with Gasteiger partial charge in [-0.05, 0) is 26.3 Å². The summed E-state index contributed by atoms with van der Waals surface area (Å²) in [5, 5.41) is 0. The molecule has 1 aliphatic carbocycles. The van der Waals surface area contributed by atoms with E-state index in [-0.39, 0.29) is 5.91 Å². The molecule has 4 heteroatoms. The van der Waals surface area contributed by atoms with E-state index < -0.39 is 0 Å². The maximum absolute atomic E-state index is 10.6. The number of carbonyl (C=O) groups is 1. The van der Waals surface area contributed by atoms with E-state index in [2.05, 4.69) is 0 Å². The lowest BCUT2D eigenvalue weighted by molar-refractivity contribution is -0.119. The maximum atomic E-state index is 10.6. The molecule has 0 aromatic carbocycles. The topological polar surface area (TPSA) is 72.3 Å². The second kappa shape index (κ2) is 3.87. The van der Waals surface area contributed by atoms with Crippen LogP contribution in [0.15, 0.2) is 0 Å². The van der Waals surface area contributed by atoms with Gasteiger partial charge in [0, 0.05) is 12.1 Å². The van der Waals surface area contributed by atoms with Crippen molar-refractivity contribution in [2.75, 3.05) is 13.6 Å². The molecule has 1 amide bonds. The Morgan fingerprint density at radius 2 is 2.25 bits per heavy atom. The highest BCUT2D eigenvalue weighted by atomic mass is 16.1.